The molecule has 0 saturated heterocycles. The fraction of sp³-hybridized carbons (Fsp3) is 0.538. The highest BCUT2D eigenvalue weighted by atomic mass is 32.2. The van der Waals surface area contributed by atoms with E-state index >= 15 is 0 Å². The van der Waals surface area contributed by atoms with Gasteiger partial charge in [-0.2, -0.15) is 0 Å². The van der Waals surface area contributed by atoms with E-state index in [0.29, 0.717) is 23.0 Å². The van der Waals surface area contributed by atoms with E-state index in [1.54, 1.807) is 0 Å². The van der Waals surface area contributed by atoms with Gasteiger partial charge in [-0.15, -0.1) is 0 Å². The van der Waals surface area contributed by atoms with E-state index in [-0.39, 0.29) is 17.5 Å². The molecule has 1 aromatic rings. The second-order valence-electron chi connectivity index (χ2n) is 4.96. The fourth-order valence-corrected chi connectivity index (χ4v) is 3.50. The van der Waals surface area contributed by atoms with Gasteiger partial charge in [-0.3, -0.25) is 0 Å². The number of ether oxygens (including phenoxy) is 2. The number of hydrogen-bond acceptors (Lipinski definition) is 5. The summed E-state index contributed by atoms with van der Waals surface area (Å²) in [6.07, 6.45) is 0.871. The molecule has 1 aromatic carbocycles. The second kappa shape index (κ2) is 5.59. The van der Waals surface area contributed by atoms with Gasteiger partial charge in [-0.25, -0.2) is 13.1 Å². The molecule has 3 N–H and O–H groups in total. The van der Waals surface area contributed by atoms with Crippen molar-refractivity contribution in [2.24, 2.45) is 11.7 Å². The average Bonchev–Trinajstić information content (AvgIpc) is 3.11. The van der Waals surface area contributed by atoms with Gasteiger partial charge in [-0.05, 0) is 18.4 Å². The van der Waals surface area contributed by atoms with Crippen LogP contribution in [0, 0.1) is 5.92 Å². The van der Waals surface area contributed by atoms with E-state index < -0.39 is 10.0 Å². The minimum Gasteiger partial charge on any atom is -0.493 e. The number of nitrogens with two attached hydrogens (primary N) is 1. The summed E-state index contributed by atoms with van der Waals surface area (Å²) in [6.45, 7) is 2.18. The minimum absolute atomic E-state index is 0.0226. The number of sulfonamides is 1. The summed E-state index contributed by atoms with van der Waals surface area (Å²) in [5, 5.41) is 0. The molecule has 0 bridgehead atoms. The Morgan fingerprint density at radius 1 is 1.35 bits per heavy atom. The summed E-state index contributed by atoms with van der Waals surface area (Å²) in [4.78, 5) is 0.148. The molecule has 7 heteroatoms. The maximum atomic E-state index is 12.3. The van der Waals surface area contributed by atoms with Crippen LogP contribution >= 0.6 is 0 Å². The van der Waals surface area contributed by atoms with E-state index in [1.165, 1.54) is 26.4 Å². The molecule has 0 heterocycles. The summed E-state index contributed by atoms with van der Waals surface area (Å²) in [7, 11) is -0.603. The largest absolute Gasteiger partial charge is 0.493 e. The van der Waals surface area contributed by atoms with Crippen molar-refractivity contribution in [3.8, 4) is 11.5 Å². The molecule has 1 saturated carbocycles. The summed E-state index contributed by atoms with van der Waals surface area (Å²) in [5.74, 6) is 1.22. The van der Waals surface area contributed by atoms with E-state index in [9.17, 15) is 8.42 Å². The Labute approximate surface area is 119 Å². The molecule has 1 aliphatic rings. The summed E-state index contributed by atoms with van der Waals surface area (Å²) >= 11 is 0. The number of hydrogen-bond donors (Lipinski definition) is 2. The Hall–Kier alpha value is -1.31. The van der Waals surface area contributed by atoms with Crippen molar-refractivity contribution in [3.63, 3.8) is 0 Å². The molecule has 0 aliphatic heterocycles. The third-order valence-corrected chi connectivity index (χ3v) is 4.94. The molecular weight excluding hydrogens is 280 g/mol. The summed E-state index contributed by atoms with van der Waals surface area (Å²) in [5.41, 5.74) is 6.24. The first-order valence-corrected chi connectivity index (χ1v) is 7.88. The highest BCUT2D eigenvalue weighted by Crippen LogP contribution is 2.35. The van der Waals surface area contributed by atoms with Gasteiger partial charge in [0.05, 0.1) is 19.1 Å². The quantitative estimate of drug-likeness (QED) is 0.813. The van der Waals surface area contributed by atoms with Gasteiger partial charge in [0.1, 0.15) is 0 Å². The van der Waals surface area contributed by atoms with Gasteiger partial charge in [0, 0.05) is 24.2 Å². The fourth-order valence-electron chi connectivity index (χ4n) is 2.08. The SMILES string of the molecule is COc1cc(S(=O)(=O)NC2CC2C)cc(CN)c1OC. The van der Waals surface area contributed by atoms with Crippen molar-refractivity contribution in [2.75, 3.05) is 14.2 Å². The molecule has 1 fully saturated rings. The molecule has 0 aromatic heterocycles. The molecule has 6 nitrogen and oxygen atoms in total. The van der Waals surface area contributed by atoms with Crippen molar-refractivity contribution in [2.45, 2.75) is 30.8 Å². The average molecular weight is 300 g/mol. The third kappa shape index (κ3) is 2.89. The van der Waals surface area contributed by atoms with Crippen molar-refractivity contribution in [1.29, 1.82) is 0 Å². The molecule has 112 valence electrons. The lowest BCUT2D eigenvalue weighted by Crippen LogP contribution is -2.27. The first-order chi connectivity index (χ1) is 9.42. The summed E-state index contributed by atoms with van der Waals surface area (Å²) in [6, 6.07) is 3.00. The molecule has 2 unspecified atom stereocenters. The number of rotatable bonds is 6. The zero-order valence-electron chi connectivity index (χ0n) is 11.8. The van der Waals surface area contributed by atoms with Crippen molar-refractivity contribution < 1.29 is 17.9 Å². The monoisotopic (exact) mass is 300 g/mol. The topological polar surface area (TPSA) is 90.7 Å². The Kier molecular flexibility index (Phi) is 4.22. The predicted molar refractivity (Wildman–Crippen MR) is 75.3 cm³/mol. The number of methoxy groups -OCH3 is 2. The second-order valence-corrected chi connectivity index (χ2v) is 6.68. The van der Waals surface area contributed by atoms with Crippen LogP contribution in [-0.2, 0) is 16.6 Å². The highest BCUT2D eigenvalue weighted by Gasteiger charge is 2.36. The van der Waals surface area contributed by atoms with Crippen LogP contribution in [0.1, 0.15) is 18.9 Å². The Bertz CT molecular complexity index is 575. The molecule has 20 heavy (non-hydrogen) atoms. The first-order valence-electron chi connectivity index (χ1n) is 6.40. The zero-order chi connectivity index (χ0) is 14.9. The third-order valence-electron chi connectivity index (χ3n) is 3.48. The maximum Gasteiger partial charge on any atom is 0.240 e. The van der Waals surface area contributed by atoms with Gasteiger partial charge in [0.25, 0.3) is 0 Å². The van der Waals surface area contributed by atoms with E-state index in [2.05, 4.69) is 4.72 Å². The number of benzene rings is 1. The molecule has 0 amide bonds. The van der Waals surface area contributed by atoms with Crippen LogP contribution in [0.4, 0.5) is 0 Å². The molecular formula is C13H20N2O4S. The van der Waals surface area contributed by atoms with E-state index in [1.807, 2.05) is 6.92 Å². The van der Waals surface area contributed by atoms with Crippen molar-refractivity contribution in [3.05, 3.63) is 17.7 Å². The Morgan fingerprint density at radius 3 is 2.45 bits per heavy atom. The van der Waals surface area contributed by atoms with Crippen LogP contribution in [-0.4, -0.2) is 28.7 Å². The number of nitrogens with one attached hydrogen (secondary N) is 1. The van der Waals surface area contributed by atoms with Crippen molar-refractivity contribution >= 4 is 10.0 Å². The molecule has 2 rings (SSSR count). The van der Waals surface area contributed by atoms with Gasteiger partial charge < -0.3 is 15.2 Å². The Balaban J connectivity index is 2.41. The van der Waals surface area contributed by atoms with Crippen LogP contribution < -0.4 is 19.9 Å². The van der Waals surface area contributed by atoms with Crippen LogP contribution in [0.3, 0.4) is 0 Å². The summed E-state index contributed by atoms with van der Waals surface area (Å²) < 4.78 is 37.7. The van der Waals surface area contributed by atoms with Crippen LogP contribution in [0.2, 0.25) is 0 Å². The smallest absolute Gasteiger partial charge is 0.240 e. The van der Waals surface area contributed by atoms with Gasteiger partial charge in [0.15, 0.2) is 11.5 Å². The van der Waals surface area contributed by atoms with Gasteiger partial charge >= 0.3 is 0 Å². The van der Waals surface area contributed by atoms with Crippen LogP contribution in [0.5, 0.6) is 11.5 Å². The Morgan fingerprint density at radius 2 is 2.00 bits per heavy atom. The first kappa shape index (κ1) is 15.1. The molecule has 2 atom stereocenters. The molecule has 1 aliphatic carbocycles. The van der Waals surface area contributed by atoms with Crippen molar-refractivity contribution in [1.82, 2.24) is 4.72 Å². The van der Waals surface area contributed by atoms with Crippen LogP contribution in [0.15, 0.2) is 17.0 Å². The van der Waals surface area contributed by atoms with Gasteiger partial charge in [0.2, 0.25) is 10.0 Å². The van der Waals surface area contributed by atoms with Crippen LogP contribution in [0.25, 0.3) is 0 Å². The highest BCUT2D eigenvalue weighted by molar-refractivity contribution is 7.89. The maximum absolute atomic E-state index is 12.3. The lowest BCUT2D eigenvalue weighted by Gasteiger charge is -2.14. The zero-order valence-corrected chi connectivity index (χ0v) is 12.7. The standard InChI is InChI=1S/C13H20N2O4S/c1-8-4-11(8)15-20(16,17)10-5-9(7-14)13(19-3)12(6-10)18-2/h5-6,8,11,15H,4,7,14H2,1-3H3. The van der Waals surface area contributed by atoms with Gasteiger partial charge in [-0.1, -0.05) is 6.92 Å². The normalized spacial score (nSPS) is 21.6. The van der Waals surface area contributed by atoms with E-state index in [4.69, 9.17) is 15.2 Å². The molecule has 0 radical (unpaired) electrons. The molecule has 0 spiro atoms. The predicted octanol–water partition coefficient (Wildman–Crippen LogP) is 0.849. The van der Waals surface area contributed by atoms with E-state index in [0.717, 1.165) is 6.42 Å². The lowest BCUT2D eigenvalue weighted by molar-refractivity contribution is 0.350. The lowest BCUT2D eigenvalue weighted by atomic mass is 10.2. The minimum atomic E-state index is -3.56.